The van der Waals surface area contributed by atoms with Crippen molar-refractivity contribution in [3.8, 4) is 0 Å². The van der Waals surface area contributed by atoms with Crippen LogP contribution < -0.4 is 10.2 Å². The number of carbonyl (C=O) groups excluding carboxylic acids is 1. The Labute approximate surface area is 192 Å². The third-order valence-corrected chi connectivity index (χ3v) is 8.04. The van der Waals surface area contributed by atoms with E-state index < -0.39 is 0 Å². The van der Waals surface area contributed by atoms with Gasteiger partial charge in [-0.15, -0.1) is 11.3 Å². The van der Waals surface area contributed by atoms with Crippen molar-refractivity contribution in [2.24, 2.45) is 5.92 Å². The number of amides is 1. The Balaban J connectivity index is 1.24. The van der Waals surface area contributed by atoms with Crippen molar-refractivity contribution in [1.29, 1.82) is 0 Å². The number of carbonyl (C=O) groups is 1. The molecule has 0 saturated carbocycles. The Morgan fingerprint density at radius 3 is 2.87 bits per heavy atom. The van der Waals surface area contributed by atoms with Crippen molar-refractivity contribution in [2.45, 2.75) is 45.7 Å². The summed E-state index contributed by atoms with van der Waals surface area (Å²) in [5, 5.41) is 6.35. The van der Waals surface area contributed by atoms with Crippen LogP contribution in [-0.2, 0) is 11.3 Å². The summed E-state index contributed by atoms with van der Waals surface area (Å²) in [6.45, 7) is 8.78. The molecule has 31 heavy (non-hydrogen) atoms. The number of rotatable bonds is 9. The van der Waals surface area contributed by atoms with Crippen LogP contribution in [0.25, 0.3) is 10.3 Å². The highest BCUT2D eigenvalue weighted by Crippen LogP contribution is 2.30. The molecule has 0 bridgehead atoms. The summed E-state index contributed by atoms with van der Waals surface area (Å²) in [6, 6.07) is 8.72. The Morgan fingerprint density at radius 2 is 2.16 bits per heavy atom. The van der Waals surface area contributed by atoms with Crippen LogP contribution in [0, 0.1) is 5.92 Å². The van der Waals surface area contributed by atoms with Gasteiger partial charge in [-0.25, -0.2) is 9.97 Å². The summed E-state index contributed by atoms with van der Waals surface area (Å²) in [6.07, 6.45) is 4.67. The summed E-state index contributed by atoms with van der Waals surface area (Å²) in [4.78, 5) is 29.0. The van der Waals surface area contributed by atoms with Gasteiger partial charge in [0.25, 0.3) is 0 Å². The molecule has 0 aromatic carbocycles. The minimum atomic E-state index is 0.0955. The Bertz CT molecular complexity index is 932. The lowest BCUT2D eigenvalue weighted by Gasteiger charge is -2.31. The second-order valence-corrected chi connectivity index (χ2v) is 10.2. The molecule has 4 rings (SSSR count). The third-order valence-electron chi connectivity index (χ3n) is 6.14. The number of hydrogen-bond donors (Lipinski definition) is 1. The molecule has 3 aromatic heterocycles. The average Bonchev–Trinajstić information content (AvgIpc) is 3.47. The number of thiazole rings is 1. The number of anilines is 1. The minimum Gasteiger partial charge on any atom is -0.355 e. The van der Waals surface area contributed by atoms with E-state index in [0.29, 0.717) is 12.6 Å². The molecule has 6 nitrogen and oxygen atoms in total. The van der Waals surface area contributed by atoms with Gasteiger partial charge >= 0.3 is 0 Å². The fourth-order valence-corrected chi connectivity index (χ4v) is 5.70. The van der Waals surface area contributed by atoms with Gasteiger partial charge in [-0.2, -0.15) is 0 Å². The molecular weight excluding hydrogens is 426 g/mol. The SMILES string of the molecule is CC[C@@H](C)N(CCNC(=O)C1CCN(c2nc3cccnc3s2)CC1)Cc1cccs1. The van der Waals surface area contributed by atoms with E-state index in [9.17, 15) is 4.79 Å². The van der Waals surface area contributed by atoms with Gasteiger partial charge in [-0.05, 0) is 49.8 Å². The maximum atomic E-state index is 12.8. The standard InChI is InChI=1S/C23H31N5OS2/c1-3-17(2)28(16-19-6-5-15-30-19)14-11-24-21(29)18-8-12-27(13-9-18)23-26-20-7-4-10-25-22(20)31-23/h4-7,10,15,17-18H,3,8-9,11-14,16H2,1-2H3,(H,24,29)/t17-/m1/s1. The van der Waals surface area contributed by atoms with E-state index in [-0.39, 0.29) is 11.8 Å². The van der Waals surface area contributed by atoms with Gasteiger partial charge in [0.1, 0.15) is 10.3 Å². The first-order valence-electron chi connectivity index (χ1n) is 11.1. The highest BCUT2D eigenvalue weighted by Gasteiger charge is 2.26. The lowest BCUT2D eigenvalue weighted by atomic mass is 9.96. The Hall–Kier alpha value is -2.03. The lowest BCUT2D eigenvalue weighted by molar-refractivity contribution is -0.125. The number of thiophene rings is 1. The molecule has 0 radical (unpaired) electrons. The highest BCUT2D eigenvalue weighted by molar-refractivity contribution is 7.21. The van der Waals surface area contributed by atoms with Crippen molar-refractivity contribution in [1.82, 2.24) is 20.2 Å². The van der Waals surface area contributed by atoms with E-state index in [4.69, 9.17) is 4.98 Å². The maximum absolute atomic E-state index is 12.8. The molecule has 0 unspecified atom stereocenters. The van der Waals surface area contributed by atoms with Gasteiger partial charge in [-0.3, -0.25) is 9.69 Å². The number of fused-ring (bicyclic) bond motifs is 1. The van der Waals surface area contributed by atoms with Gasteiger partial charge in [0, 0.05) is 55.8 Å². The fourth-order valence-electron chi connectivity index (χ4n) is 4.01. The van der Waals surface area contributed by atoms with Crippen LogP contribution in [0.1, 0.15) is 38.0 Å². The van der Waals surface area contributed by atoms with Crippen LogP contribution >= 0.6 is 22.7 Å². The van der Waals surface area contributed by atoms with Gasteiger partial charge in [-0.1, -0.05) is 24.3 Å². The van der Waals surface area contributed by atoms with Crippen LogP contribution in [-0.4, -0.2) is 53.0 Å². The van der Waals surface area contributed by atoms with E-state index in [1.165, 1.54) is 4.88 Å². The smallest absolute Gasteiger partial charge is 0.223 e. The zero-order valence-electron chi connectivity index (χ0n) is 18.3. The number of nitrogens with one attached hydrogen (secondary N) is 1. The number of piperidine rings is 1. The number of nitrogens with zero attached hydrogens (tertiary/aromatic N) is 4. The van der Waals surface area contributed by atoms with Gasteiger partial charge in [0.15, 0.2) is 5.13 Å². The van der Waals surface area contributed by atoms with Crippen LogP contribution in [0.3, 0.4) is 0 Å². The molecule has 1 fully saturated rings. The summed E-state index contributed by atoms with van der Waals surface area (Å²) in [5.41, 5.74) is 0.954. The molecule has 1 N–H and O–H groups in total. The quantitative estimate of drug-likeness (QED) is 0.516. The first kappa shape index (κ1) is 22.2. The molecule has 1 amide bonds. The highest BCUT2D eigenvalue weighted by atomic mass is 32.1. The second-order valence-electron chi connectivity index (χ2n) is 8.18. The van der Waals surface area contributed by atoms with Crippen molar-refractivity contribution >= 4 is 44.1 Å². The molecule has 8 heteroatoms. The van der Waals surface area contributed by atoms with Crippen molar-refractivity contribution in [3.05, 3.63) is 40.7 Å². The van der Waals surface area contributed by atoms with Crippen molar-refractivity contribution in [3.63, 3.8) is 0 Å². The summed E-state index contributed by atoms with van der Waals surface area (Å²) < 4.78 is 0. The second kappa shape index (κ2) is 10.5. The predicted octanol–water partition coefficient (Wildman–Crippen LogP) is 4.39. The molecule has 0 aliphatic carbocycles. The molecule has 3 aromatic rings. The monoisotopic (exact) mass is 457 g/mol. The molecule has 4 heterocycles. The maximum Gasteiger partial charge on any atom is 0.223 e. The Morgan fingerprint density at radius 1 is 1.32 bits per heavy atom. The number of pyridine rings is 1. The first-order chi connectivity index (χ1) is 15.1. The molecule has 1 saturated heterocycles. The van der Waals surface area contributed by atoms with E-state index >= 15 is 0 Å². The minimum absolute atomic E-state index is 0.0955. The molecule has 1 aliphatic rings. The van der Waals surface area contributed by atoms with E-state index in [1.807, 2.05) is 18.3 Å². The lowest BCUT2D eigenvalue weighted by Crippen LogP contribution is -2.43. The third kappa shape index (κ3) is 5.61. The van der Waals surface area contributed by atoms with Gasteiger partial charge in [0.2, 0.25) is 5.91 Å². The van der Waals surface area contributed by atoms with E-state index in [0.717, 1.165) is 60.9 Å². The van der Waals surface area contributed by atoms with Crippen LogP contribution in [0.4, 0.5) is 5.13 Å². The zero-order chi connectivity index (χ0) is 21.6. The van der Waals surface area contributed by atoms with Crippen LogP contribution in [0.15, 0.2) is 35.8 Å². The van der Waals surface area contributed by atoms with Crippen molar-refractivity contribution < 1.29 is 4.79 Å². The van der Waals surface area contributed by atoms with Gasteiger partial charge in [0.05, 0.1) is 0 Å². The average molecular weight is 458 g/mol. The number of aromatic nitrogens is 2. The van der Waals surface area contributed by atoms with Crippen LogP contribution in [0.5, 0.6) is 0 Å². The Kier molecular flexibility index (Phi) is 7.53. The van der Waals surface area contributed by atoms with Crippen molar-refractivity contribution in [2.75, 3.05) is 31.1 Å². The number of hydrogen-bond acceptors (Lipinski definition) is 7. The summed E-state index contributed by atoms with van der Waals surface area (Å²) in [7, 11) is 0. The van der Waals surface area contributed by atoms with E-state index in [2.05, 4.69) is 51.5 Å². The normalized spacial score (nSPS) is 16.2. The molecular formula is C23H31N5OS2. The molecule has 1 aliphatic heterocycles. The predicted molar refractivity (Wildman–Crippen MR) is 130 cm³/mol. The molecule has 166 valence electrons. The topological polar surface area (TPSA) is 61.4 Å². The largest absolute Gasteiger partial charge is 0.355 e. The van der Waals surface area contributed by atoms with Gasteiger partial charge < -0.3 is 10.2 Å². The summed E-state index contributed by atoms with van der Waals surface area (Å²) >= 11 is 3.43. The molecule has 1 atom stereocenters. The van der Waals surface area contributed by atoms with Crippen LogP contribution in [0.2, 0.25) is 0 Å². The molecule has 0 spiro atoms. The van der Waals surface area contributed by atoms with E-state index in [1.54, 1.807) is 22.7 Å². The zero-order valence-corrected chi connectivity index (χ0v) is 19.9. The summed E-state index contributed by atoms with van der Waals surface area (Å²) in [5.74, 6) is 0.295. The first-order valence-corrected chi connectivity index (χ1v) is 12.8. The fraction of sp³-hybridized carbons (Fsp3) is 0.522.